The van der Waals surface area contributed by atoms with E-state index in [2.05, 4.69) is 29.4 Å². The quantitative estimate of drug-likeness (QED) is 0.804. The van der Waals surface area contributed by atoms with Gasteiger partial charge in [0.25, 0.3) is 0 Å². The molecule has 0 bridgehead atoms. The van der Waals surface area contributed by atoms with Crippen LogP contribution in [0.1, 0.15) is 20.8 Å². The van der Waals surface area contributed by atoms with Crippen molar-refractivity contribution in [3.63, 3.8) is 0 Å². The molecule has 0 aliphatic carbocycles. The van der Waals surface area contributed by atoms with Gasteiger partial charge in [0.1, 0.15) is 5.75 Å². The SMILES string of the molecule is CCOc1ccc(NC(=O)NCC2CN(CC(C)C)CCO2)cc1. The first-order valence-corrected chi connectivity index (χ1v) is 8.68. The van der Waals surface area contributed by atoms with E-state index < -0.39 is 0 Å². The number of ether oxygens (including phenoxy) is 2. The number of amides is 2. The number of rotatable bonds is 7. The van der Waals surface area contributed by atoms with Gasteiger partial charge in [-0.3, -0.25) is 4.90 Å². The Labute approximate surface area is 144 Å². The van der Waals surface area contributed by atoms with Gasteiger partial charge in [0.05, 0.1) is 19.3 Å². The standard InChI is InChI=1S/C18H29N3O3/c1-4-23-16-7-5-15(6-8-16)20-18(22)19-11-17-13-21(9-10-24-17)12-14(2)3/h5-8,14,17H,4,9-13H2,1-3H3,(H2,19,20,22). The summed E-state index contributed by atoms with van der Waals surface area (Å²) < 4.78 is 11.1. The number of carbonyl (C=O) groups is 1. The van der Waals surface area contributed by atoms with Gasteiger partial charge >= 0.3 is 6.03 Å². The van der Waals surface area contributed by atoms with E-state index in [-0.39, 0.29) is 12.1 Å². The molecule has 1 aromatic carbocycles. The Morgan fingerprint density at radius 1 is 1.38 bits per heavy atom. The highest BCUT2D eigenvalue weighted by atomic mass is 16.5. The van der Waals surface area contributed by atoms with Gasteiger partial charge in [-0.15, -0.1) is 0 Å². The van der Waals surface area contributed by atoms with Crippen molar-refractivity contribution < 1.29 is 14.3 Å². The Morgan fingerprint density at radius 2 is 2.12 bits per heavy atom. The van der Waals surface area contributed by atoms with Gasteiger partial charge < -0.3 is 20.1 Å². The van der Waals surface area contributed by atoms with Crippen molar-refractivity contribution in [2.24, 2.45) is 5.92 Å². The topological polar surface area (TPSA) is 62.8 Å². The predicted octanol–water partition coefficient (Wildman–Crippen LogP) is 2.56. The second-order valence-electron chi connectivity index (χ2n) is 6.44. The van der Waals surface area contributed by atoms with Gasteiger partial charge in [-0.05, 0) is 37.1 Å². The van der Waals surface area contributed by atoms with Crippen LogP contribution in [-0.2, 0) is 4.74 Å². The molecule has 6 nitrogen and oxygen atoms in total. The number of hydrogen-bond acceptors (Lipinski definition) is 4. The average Bonchev–Trinajstić information content (AvgIpc) is 2.55. The fourth-order valence-electron chi connectivity index (χ4n) is 2.77. The number of anilines is 1. The van der Waals surface area contributed by atoms with Gasteiger partial charge in [0.2, 0.25) is 0 Å². The summed E-state index contributed by atoms with van der Waals surface area (Å²) in [7, 11) is 0. The third kappa shape index (κ3) is 6.37. The molecule has 1 heterocycles. The van der Waals surface area contributed by atoms with Crippen LogP contribution >= 0.6 is 0 Å². The molecule has 24 heavy (non-hydrogen) atoms. The maximum Gasteiger partial charge on any atom is 0.319 e. The van der Waals surface area contributed by atoms with E-state index in [4.69, 9.17) is 9.47 Å². The zero-order chi connectivity index (χ0) is 17.4. The Hall–Kier alpha value is -1.79. The van der Waals surface area contributed by atoms with Crippen LogP contribution in [0.2, 0.25) is 0 Å². The Bertz CT molecular complexity index is 505. The Balaban J connectivity index is 1.72. The molecule has 0 radical (unpaired) electrons. The van der Waals surface area contributed by atoms with Crippen LogP contribution < -0.4 is 15.4 Å². The van der Waals surface area contributed by atoms with Gasteiger partial charge in [0, 0.05) is 31.9 Å². The van der Waals surface area contributed by atoms with Gasteiger partial charge in [-0.25, -0.2) is 4.79 Å². The minimum Gasteiger partial charge on any atom is -0.494 e. The van der Waals surface area contributed by atoms with Crippen molar-refractivity contribution in [1.29, 1.82) is 0 Å². The third-order valence-corrected chi connectivity index (χ3v) is 3.76. The smallest absolute Gasteiger partial charge is 0.319 e. The minimum absolute atomic E-state index is 0.0450. The van der Waals surface area contributed by atoms with E-state index >= 15 is 0 Å². The summed E-state index contributed by atoms with van der Waals surface area (Å²) in [5.74, 6) is 1.43. The summed E-state index contributed by atoms with van der Waals surface area (Å²) in [6.45, 7) is 11.1. The number of benzene rings is 1. The Morgan fingerprint density at radius 3 is 2.79 bits per heavy atom. The molecule has 1 atom stereocenters. The minimum atomic E-state index is -0.219. The fraction of sp³-hybridized carbons (Fsp3) is 0.611. The number of carbonyl (C=O) groups excluding carboxylic acids is 1. The van der Waals surface area contributed by atoms with Gasteiger partial charge in [-0.1, -0.05) is 13.8 Å². The molecule has 1 unspecified atom stereocenters. The molecular weight excluding hydrogens is 306 g/mol. The largest absolute Gasteiger partial charge is 0.494 e. The lowest BCUT2D eigenvalue weighted by Gasteiger charge is -2.33. The zero-order valence-corrected chi connectivity index (χ0v) is 14.9. The summed E-state index contributed by atoms with van der Waals surface area (Å²) >= 11 is 0. The molecule has 0 spiro atoms. The van der Waals surface area contributed by atoms with Gasteiger partial charge in [-0.2, -0.15) is 0 Å². The lowest BCUT2D eigenvalue weighted by Crippen LogP contribution is -2.48. The first kappa shape index (κ1) is 18.5. The van der Waals surface area contributed by atoms with E-state index in [0.29, 0.717) is 19.1 Å². The normalized spacial score (nSPS) is 18.4. The summed E-state index contributed by atoms with van der Waals surface area (Å²) in [6, 6.07) is 7.11. The van der Waals surface area contributed by atoms with Crippen LogP contribution in [0, 0.1) is 5.92 Å². The van der Waals surface area contributed by atoms with Crippen molar-refractivity contribution in [2.75, 3.05) is 44.7 Å². The summed E-state index contributed by atoms with van der Waals surface area (Å²) in [5.41, 5.74) is 0.738. The van der Waals surface area contributed by atoms with Gasteiger partial charge in [0.15, 0.2) is 0 Å². The van der Waals surface area contributed by atoms with Crippen LogP contribution in [-0.4, -0.2) is 56.4 Å². The van der Waals surface area contributed by atoms with Crippen LogP contribution in [0.3, 0.4) is 0 Å². The summed E-state index contributed by atoms with van der Waals surface area (Å²) in [5, 5.41) is 5.70. The molecule has 6 heteroatoms. The monoisotopic (exact) mass is 335 g/mol. The van der Waals surface area contributed by atoms with Crippen LogP contribution in [0.4, 0.5) is 10.5 Å². The molecule has 1 aliphatic rings. The van der Waals surface area contributed by atoms with E-state index in [9.17, 15) is 4.79 Å². The van der Waals surface area contributed by atoms with Crippen LogP contribution in [0.25, 0.3) is 0 Å². The molecule has 0 aromatic heterocycles. The zero-order valence-electron chi connectivity index (χ0n) is 14.9. The Kier molecular flexibility index (Phi) is 7.34. The molecule has 2 rings (SSSR count). The average molecular weight is 335 g/mol. The molecule has 2 amide bonds. The number of nitrogens with zero attached hydrogens (tertiary/aromatic N) is 1. The van der Waals surface area contributed by atoms with Crippen molar-refractivity contribution in [1.82, 2.24) is 10.2 Å². The molecular formula is C18H29N3O3. The highest BCUT2D eigenvalue weighted by Crippen LogP contribution is 2.15. The van der Waals surface area contributed by atoms with E-state index in [1.807, 2.05) is 31.2 Å². The van der Waals surface area contributed by atoms with E-state index in [1.54, 1.807) is 0 Å². The molecule has 2 N–H and O–H groups in total. The number of urea groups is 1. The second kappa shape index (κ2) is 9.49. The first-order valence-electron chi connectivity index (χ1n) is 8.68. The van der Waals surface area contributed by atoms with Crippen LogP contribution in [0.15, 0.2) is 24.3 Å². The molecule has 1 aliphatic heterocycles. The summed E-state index contributed by atoms with van der Waals surface area (Å²) in [4.78, 5) is 14.4. The first-order chi connectivity index (χ1) is 11.6. The highest BCUT2D eigenvalue weighted by molar-refractivity contribution is 5.89. The molecule has 134 valence electrons. The number of hydrogen-bond donors (Lipinski definition) is 2. The molecule has 0 saturated carbocycles. The number of nitrogens with one attached hydrogen (secondary N) is 2. The van der Waals surface area contributed by atoms with E-state index in [1.165, 1.54) is 0 Å². The number of morpholine rings is 1. The molecule has 1 saturated heterocycles. The van der Waals surface area contributed by atoms with Crippen molar-refractivity contribution in [2.45, 2.75) is 26.9 Å². The lowest BCUT2D eigenvalue weighted by molar-refractivity contribution is -0.0288. The third-order valence-electron chi connectivity index (χ3n) is 3.76. The summed E-state index contributed by atoms with van der Waals surface area (Å²) in [6.07, 6.45) is 0.0450. The fourth-order valence-corrected chi connectivity index (χ4v) is 2.77. The molecule has 1 aromatic rings. The second-order valence-corrected chi connectivity index (χ2v) is 6.44. The van der Waals surface area contributed by atoms with Crippen molar-refractivity contribution in [3.8, 4) is 5.75 Å². The van der Waals surface area contributed by atoms with Crippen molar-refractivity contribution in [3.05, 3.63) is 24.3 Å². The maximum atomic E-state index is 12.0. The molecule has 1 fully saturated rings. The maximum absolute atomic E-state index is 12.0. The predicted molar refractivity (Wildman–Crippen MR) is 95.7 cm³/mol. The van der Waals surface area contributed by atoms with Crippen molar-refractivity contribution >= 4 is 11.7 Å². The van der Waals surface area contributed by atoms with Crippen LogP contribution in [0.5, 0.6) is 5.75 Å². The highest BCUT2D eigenvalue weighted by Gasteiger charge is 2.21. The van der Waals surface area contributed by atoms with E-state index in [0.717, 1.165) is 37.7 Å². The lowest BCUT2D eigenvalue weighted by atomic mass is 10.2.